The van der Waals surface area contributed by atoms with Crippen LogP contribution in [0.4, 0.5) is 4.79 Å². The molecule has 1 aliphatic rings. The first kappa shape index (κ1) is 17.7. The van der Waals surface area contributed by atoms with E-state index in [0.29, 0.717) is 13.2 Å². The number of carboxylic acid groups (broad SMARTS) is 1. The zero-order valence-corrected chi connectivity index (χ0v) is 13.1. The Kier molecular flexibility index (Phi) is 6.41. The van der Waals surface area contributed by atoms with Crippen LogP contribution in [0.2, 0.25) is 0 Å². The summed E-state index contributed by atoms with van der Waals surface area (Å²) in [5, 5.41) is 11.5. The van der Waals surface area contributed by atoms with Crippen LogP contribution in [0.1, 0.15) is 19.3 Å². The number of carbonyl (C=O) groups excluding carboxylic acids is 1. The smallest absolute Gasteiger partial charge is 0.326 e. The number of carboxylic acids is 1. The summed E-state index contributed by atoms with van der Waals surface area (Å²) in [7, 11) is -1.75. The summed E-state index contributed by atoms with van der Waals surface area (Å²) in [6.45, 7) is 0.746. The second-order valence-electron chi connectivity index (χ2n) is 5.18. The van der Waals surface area contributed by atoms with E-state index in [2.05, 4.69) is 5.32 Å². The molecule has 0 bridgehead atoms. The lowest BCUT2D eigenvalue weighted by Crippen LogP contribution is -2.50. The molecule has 0 saturated heterocycles. The van der Waals surface area contributed by atoms with Gasteiger partial charge in [-0.25, -0.2) is 18.0 Å². The van der Waals surface area contributed by atoms with E-state index in [4.69, 9.17) is 9.84 Å². The average Bonchev–Trinajstić information content (AvgIpc) is 3.17. The number of methoxy groups -OCH3 is 1. The van der Waals surface area contributed by atoms with E-state index in [9.17, 15) is 18.0 Å². The molecule has 1 saturated carbocycles. The first-order valence-corrected chi connectivity index (χ1v) is 8.77. The van der Waals surface area contributed by atoms with Crippen LogP contribution in [0, 0.1) is 0 Å². The number of amides is 2. The molecule has 1 atom stereocenters. The second-order valence-corrected chi connectivity index (χ2v) is 7.44. The van der Waals surface area contributed by atoms with Crippen LogP contribution < -0.4 is 5.32 Å². The Bertz CT molecular complexity index is 474. The molecular formula is C12H22N2O6S. The second kappa shape index (κ2) is 7.60. The molecule has 0 aliphatic heterocycles. The molecule has 8 nitrogen and oxygen atoms in total. The zero-order chi connectivity index (χ0) is 16.0. The number of nitrogens with one attached hydrogen (secondary N) is 1. The van der Waals surface area contributed by atoms with E-state index >= 15 is 0 Å². The van der Waals surface area contributed by atoms with Gasteiger partial charge in [-0.15, -0.1) is 0 Å². The lowest BCUT2D eigenvalue weighted by atomic mass is 10.2. The summed E-state index contributed by atoms with van der Waals surface area (Å²) < 4.78 is 27.1. The highest BCUT2D eigenvalue weighted by molar-refractivity contribution is 7.90. The summed E-state index contributed by atoms with van der Waals surface area (Å²) in [5.41, 5.74) is 0. The van der Waals surface area contributed by atoms with Crippen LogP contribution in [-0.4, -0.2) is 74.8 Å². The van der Waals surface area contributed by atoms with Crippen molar-refractivity contribution < 1.29 is 27.9 Å². The normalized spacial score (nSPS) is 16.3. The van der Waals surface area contributed by atoms with Gasteiger partial charge in [-0.05, 0) is 19.3 Å². The highest BCUT2D eigenvalue weighted by Crippen LogP contribution is 2.26. The van der Waals surface area contributed by atoms with E-state index in [-0.39, 0.29) is 18.2 Å². The zero-order valence-electron chi connectivity index (χ0n) is 12.2. The third kappa shape index (κ3) is 6.76. The van der Waals surface area contributed by atoms with Crippen molar-refractivity contribution in [2.45, 2.75) is 31.3 Å². The number of nitrogens with zero attached hydrogens (tertiary/aromatic N) is 1. The van der Waals surface area contributed by atoms with Gasteiger partial charge in [0.1, 0.15) is 15.9 Å². The van der Waals surface area contributed by atoms with Crippen LogP contribution >= 0.6 is 0 Å². The van der Waals surface area contributed by atoms with Gasteiger partial charge in [0, 0.05) is 26.0 Å². The molecule has 0 spiro atoms. The minimum absolute atomic E-state index is 0.115. The lowest BCUT2D eigenvalue weighted by molar-refractivity contribution is -0.139. The number of hydrogen-bond acceptors (Lipinski definition) is 5. The Balaban J connectivity index is 2.59. The Morgan fingerprint density at radius 2 is 2.05 bits per heavy atom. The topological polar surface area (TPSA) is 113 Å². The number of carbonyl (C=O) groups is 2. The third-order valence-electron chi connectivity index (χ3n) is 3.16. The largest absolute Gasteiger partial charge is 0.480 e. The summed E-state index contributed by atoms with van der Waals surface area (Å²) >= 11 is 0. The van der Waals surface area contributed by atoms with Gasteiger partial charge in [-0.2, -0.15) is 0 Å². The van der Waals surface area contributed by atoms with Gasteiger partial charge in [0.2, 0.25) is 0 Å². The molecule has 21 heavy (non-hydrogen) atoms. The molecule has 1 fully saturated rings. The molecule has 0 aromatic carbocycles. The van der Waals surface area contributed by atoms with Crippen molar-refractivity contribution in [1.29, 1.82) is 0 Å². The maximum atomic E-state index is 12.1. The first-order valence-electron chi connectivity index (χ1n) is 6.71. The van der Waals surface area contributed by atoms with Gasteiger partial charge in [0.05, 0.1) is 12.4 Å². The summed E-state index contributed by atoms with van der Waals surface area (Å²) in [6.07, 6.45) is 2.65. The molecule has 1 unspecified atom stereocenters. The van der Waals surface area contributed by atoms with Gasteiger partial charge in [0.15, 0.2) is 0 Å². The van der Waals surface area contributed by atoms with E-state index in [1.54, 1.807) is 4.90 Å². The van der Waals surface area contributed by atoms with Gasteiger partial charge < -0.3 is 20.1 Å². The van der Waals surface area contributed by atoms with Crippen molar-refractivity contribution in [2.24, 2.45) is 0 Å². The van der Waals surface area contributed by atoms with Crippen LogP contribution in [-0.2, 0) is 19.4 Å². The van der Waals surface area contributed by atoms with Crippen molar-refractivity contribution in [3.05, 3.63) is 0 Å². The van der Waals surface area contributed by atoms with Crippen LogP contribution in [0.25, 0.3) is 0 Å². The average molecular weight is 322 g/mol. The SMILES string of the molecule is COCCN(C(=O)NC(CCS(C)(=O)=O)C(=O)O)C1CC1. The maximum Gasteiger partial charge on any atom is 0.326 e. The fourth-order valence-electron chi connectivity index (χ4n) is 1.85. The van der Waals surface area contributed by atoms with E-state index in [0.717, 1.165) is 19.1 Å². The molecule has 9 heteroatoms. The fourth-order valence-corrected chi connectivity index (χ4v) is 2.51. The number of ether oxygens (including phenoxy) is 1. The van der Waals surface area contributed by atoms with Gasteiger partial charge in [-0.1, -0.05) is 0 Å². The van der Waals surface area contributed by atoms with Crippen molar-refractivity contribution in [3.8, 4) is 0 Å². The number of urea groups is 1. The minimum Gasteiger partial charge on any atom is -0.480 e. The van der Waals surface area contributed by atoms with Crippen molar-refractivity contribution >= 4 is 21.8 Å². The molecule has 1 aliphatic carbocycles. The Labute approximate surface area is 124 Å². The Hall–Kier alpha value is -1.35. The lowest BCUT2D eigenvalue weighted by Gasteiger charge is -2.24. The molecule has 0 aromatic heterocycles. The predicted octanol–water partition coefficient (Wildman–Crippen LogP) is -0.305. The summed E-state index contributed by atoms with van der Waals surface area (Å²) in [6, 6.07) is -1.59. The van der Waals surface area contributed by atoms with Crippen LogP contribution in [0.3, 0.4) is 0 Å². The quantitative estimate of drug-likeness (QED) is 0.602. The molecular weight excluding hydrogens is 300 g/mol. The molecule has 0 heterocycles. The van der Waals surface area contributed by atoms with Crippen molar-refractivity contribution in [3.63, 3.8) is 0 Å². The number of aliphatic carboxylic acids is 1. The van der Waals surface area contributed by atoms with Gasteiger partial charge in [0.25, 0.3) is 0 Å². The summed E-state index contributed by atoms with van der Waals surface area (Å²) in [4.78, 5) is 24.8. The first-order chi connectivity index (χ1) is 9.74. The number of rotatable bonds is 9. The van der Waals surface area contributed by atoms with E-state index < -0.39 is 27.9 Å². The predicted molar refractivity (Wildman–Crippen MR) is 75.9 cm³/mol. The molecule has 0 radical (unpaired) electrons. The molecule has 1 rings (SSSR count). The monoisotopic (exact) mass is 322 g/mol. The Morgan fingerprint density at radius 3 is 2.48 bits per heavy atom. The molecule has 0 aromatic rings. The van der Waals surface area contributed by atoms with Crippen molar-refractivity contribution in [2.75, 3.05) is 32.3 Å². The van der Waals surface area contributed by atoms with Gasteiger partial charge >= 0.3 is 12.0 Å². The van der Waals surface area contributed by atoms with Gasteiger partial charge in [-0.3, -0.25) is 0 Å². The number of hydrogen-bond donors (Lipinski definition) is 2. The maximum absolute atomic E-state index is 12.1. The fraction of sp³-hybridized carbons (Fsp3) is 0.833. The number of sulfone groups is 1. The van der Waals surface area contributed by atoms with E-state index in [1.807, 2.05) is 0 Å². The standard InChI is InChI=1S/C12H22N2O6S/c1-20-7-6-14(9-3-4-9)12(17)13-10(11(15)16)5-8-21(2,18)19/h9-10H,3-8H2,1-2H3,(H,13,17)(H,15,16). The highest BCUT2D eigenvalue weighted by atomic mass is 32.2. The van der Waals surface area contributed by atoms with E-state index in [1.165, 1.54) is 7.11 Å². The molecule has 122 valence electrons. The minimum atomic E-state index is -3.28. The summed E-state index contributed by atoms with van der Waals surface area (Å²) in [5.74, 6) is -1.53. The molecule has 2 amide bonds. The Morgan fingerprint density at radius 1 is 1.43 bits per heavy atom. The molecule has 2 N–H and O–H groups in total. The van der Waals surface area contributed by atoms with Crippen LogP contribution in [0.15, 0.2) is 0 Å². The van der Waals surface area contributed by atoms with Crippen molar-refractivity contribution in [1.82, 2.24) is 10.2 Å². The van der Waals surface area contributed by atoms with Crippen LogP contribution in [0.5, 0.6) is 0 Å². The third-order valence-corrected chi connectivity index (χ3v) is 4.14. The highest BCUT2D eigenvalue weighted by Gasteiger charge is 2.34.